The van der Waals surface area contributed by atoms with Gasteiger partial charge in [0.05, 0.1) is 16.9 Å². The molecule has 4 rings (SSSR count). The second-order valence-corrected chi connectivity index (χ2v) is 8.36. The normalized spacial score (nSPS) is 24.9. The fourth-order valence-electron chi connectivity index (χ4n) is 3.86. The lowest BCUT2D eigenvalue weighted by Crippen LogP contribution is -2.51. The van der Waals surface area contributed by atoms with Crippen molar-refractivity contribution < 1.29 is 4.79 Å². The summed E-state index contributed by atoms with van der Waals surface area (Å²) >= 11 is 7.76. The van der Waals surface area contributed by atoms with Crippen molar-refractivity contribution in [2.45, 2.75) is 18.5 Å². The van der Waals surface area contributed by atoms with Gasteiger partial charge in [-0.05, 0) is 18.6 Å². The first-order valence-electron chi connectivity index (χ1n) is 8.91. The van der Waals surface area contributed by atoms with Crippen molar-refractivity contribution in [3.8, 4) is 0 Å². The highest BCUT2D eigenvalue weighted by atomic mass is 35.5. The van der Waals surface area contributed by atoms with Crippen molar-refractivity contribution in [3.63, 3.8) is 0 Å². The highest BCUT2D eigenvalue weighted by Crippen LogP contribution is 2.22. The first kappa shape index (κ1) is 25.9. The summed E-state index contributed by atoms with van der Waals surface area (Å²) in [6.45, 7) is 5.77. The molecule has 0 spiro atoms. The zero-order valence-corrected chi connectivity index (χ0v) is 19.5. The molecule has 0 radical (unpaired) electrons. The van der Waals surface area contributed by atoms with Gasteiger partial charge in [0.1, 0.15) is 5.82 Å². The van der Waals surface area contributed by atoms with Crippen LogP contribution in [0.5, 0.6) is 0 Å². The van der Waals surface area contributed by atoms with E-state index in [4.69, 9.17) is 11.6 Å². The molecule has 1 N–H and O–H groups in total. The second-order valence-electron chi connectivity index (χ2n) is 6.85. The van der Waals surface area contributed by atoms with Gasteiger partial charge in [0.25, 0.3) is 0 Å². The van der Waals surface area contributed by atoms with Gasteiger partial charge in [0.2, 0.25) is 5.91 Å². The maximum absolute atomic E-state index is 12.5. The average molecular weight is 491 g/mol. The predicted octanol–water partition coefficient (Wildman–Crippen LogP) is 2.39. The van der Waals surface area contributed by atoms with Crippen LogP contribution in [0.4, 0.5) is 5.82 Å². The molecule has 3 fully saturated rings. The summed E-state index contributed by atoms with van der Waals surface area (Å²) in [5.74, 6) is 3.21. The summed E-state index contributed by atoms with van der Waals surface area (Å²) < 4.78 is 0. The van der Waals surface area contributed by atoms with Crippen LogP contribution in [0.2, 0.25) is 5.02 Å². The monoisotopic (exact) mass is 489 g/mol. The van der Waals surface area contributed by atoms with Crippen molar-refractivity contribution >= 4 is 72.3 Å². The molecule has 2 atom stereocenters. The molecule has 1 amide bonds. The Hall–Kier alpha value is -0.150. The molecular weight excluding hydrogens is 464 g/mol. The number of halogens is 4. The van der Waals surface area contributed by atoms with Crippen molar-refractivity contribution in [2.24, 2.45) is 0 Å². The average Bonchev–Trinajstić information content (AvgIpc) is 3.34. The number of amides is 1. The molecule has 3 saturated heterocycles. The number of hydrogen-bond acceptors (Lipinski definition) is 6. The van der Waals surface area contributed by atoms with E-state index in [-0.39, 0.29) is 49.2 Å². The van der Waals surface area contributed by atoms with Crippen LogP contribution in [0.1, 0.15) is 6.42 Å². The van der Waals surface area contributed by atoms with Crippen LogP contribution in [0.3, 0.4) is 0 Å². The number of hydrogen-bond donors (Lipinski definition) is 1. The summed E-state index contributed by atoms with van der Waals surface area (Å²) in [5, 5.41) is 4.12. The number of nitrogens with one attached hydrogen (secondary N) is 1. The highest BCUT2D eigenvalue weighted by Gasteiger charge is 2.36. The lowest BCUT2D eigenvalue weighted by atomic mass is 10.1. The zero-order valence-electron chi connectivity index (χ0n) is 15.5. The minimum absolute atomic E-state index is 0. The number of nitrogens with zero attached hydrogens (tertiary/aromatic N) is 4. The summed E-state index contributed by atoms with van der Waals surface area (Å²) in [6, 6.07) is 4.34. The Morgan fingerprint density at radius 2 is 1.89 bits per heavy atom. The van der Waals surface area contributed by atoms with Crippen molar-refractivity contribution in [2.75, 3.05) is 55.8 Å². The first-order chi connectivity index (χ1) is 12.2. The van der Waals surface area contributed by atoms with Gasteiger partial charge >= 0.3 is 0 Å². The van der Waals surface area contributed by atoms with Crippen LogP contribution in [0.15, 0.2) is 18.3 Å². The summed E-state index contributed by atoms with van der Waals surface area (Å²) in [5.41, 5.74) is 0. The van der Waals surface area contributed by atoms with Crippen molar-refractivity contribution in [1.82, 2.24) is 20.1 Å². The van der Waals surface area contributed by atoms with Crippen molar-refractivity contribution in [1.29, 1.82) is 0 Å². The molecule has 3 aliphatic rings. The van der Waals surface area contributed by atoms with Gasteiger partial charge in [-0.1, -0.05) is 11.6 Å². The zero-order chi connectivity index (χ0) is 17.2. The molecule has 28 heavy (non-hydrogen) atoms. The third-order valence-corrected chi connectivity index (χ3v) is 6.53. The molecule has 6 nitrogen and oxygen atoms in total. The lowest BCUT2D eigenvalue weighted by Gasteiger charge is -2.38. The largest absolute Gasteiger partial charge is 0.354 e. The molecule has 0 aromatic carbocycles. The predicted molar refractivity (Wildman–Crippen MR) is 124 cm³/mol. The van der Waals surface area contributed by atoms with E-state index in [2.05, 4.69) is 20.1 Å². The number of carbonyl (C=O) groups is 1. The Kier molecular flexibility index (Phi) is 11.0. The van der Waals surface area contributed by atoms with Gasteiger partial charge in [0.15, 0.2) is 0 Å². The number of carbonyl (C=O) groups excluding carboxylic acids is 1. The number of thioether (sulfide) groups is 1. The molecule has 0 saturated carbocycles. The highest BCUT2D eigenvalue weighted by molar-refractivity contribution is 7.99. The summed E-state index contributed by atoms with van der Waals surface area (Å²) in [4.78, 5) is 23.8. The number of piperazine rings is 1. The van der Waals surface area contributed by atoms with E-state index in [9.17, 15) is 4.79 Å². The molecule has 11 heteroatoms. The third kappa shape index (κ3) is 5.94. The van der Waals surface area contributed by atoms with E-state index >= 15 is 0 Å². The maximum Gasteiger partial charge on any atom is 0.240 e. The van der Waals surface area contributed by atoms with Gasteiger partial charge < -0.3 is 15.1 Å². The molecule has 3 aliphatic heterocycles. The standard InChI is InChI=1S/C17H24ClN5OS.3ClH/c18-13-1-2-16(20-10-13)22-5-3-21(4-6-22)14-9-15(19-11-14)17(24)23-7-8-25-12-23;;;/h1-2,10,14-15,19H,3-9,11-12H2;3*1H/t14-,15-;;;/m0.../s1. The van der Waals surface area contributed by atoms with Crippen molar-refractivity contribution in [3.05, 3.63) is 23.4 Å². The fraction of sp³-hybridized carbons (Fsp3) is 0.647. The Bertz CT molecular complexity index is 612. The minimum Gasteiger partial charge on any atom is -0.354 e. The van der Waals surface area contributed by atoms with Crippen LogP contribution < -0.4 is 10.2 Å². The number of pyridine rings is 1. The Labute approximate surface area is 194 Å². The Morgan fingerprint density at radius 1 is 1.14 bits per heavy atom. The number of rotatable bonds is 3. The Morgan fingerprint density at radius 3 is 2.50 bits per heavy atom. The molecule has 1 aromatic heterocycles. The van der Waals surface area contributed by atoms with Crippen LogP contribution >= 0.6 is 60.6 Å². The van der Waals surface area contributed by atoms with E-state index < -0.39 is 0 Å². The van der Waals surface area contributed by atoms with E-state index in [1.54, 1.807) is 6.20 Å². The molecule has 0 bridgehead atoms. The first-order valence-corrected chi connectivity index (χ1v) is 10.4. The number of aromatic nitrogens is 1. The summed E-state index contributed by atoms with van der Waals surface area (Å²) in [6.07, 6.45) is 2.64. The van der Waals surface area contributed by atoms with E-state index in [1.165, 1.54) is 0 Å². The molecule has 1 aromatic rings. The van der Waals surface area contributed by atoms with Gasteiger partial charge in [-0.15, -0.1) is 49.0 Å². The molecule has 0 aliphatic carbocycles. The summed E-state index contributed by atoms with van der Waals surface area (Å²) in [7, 11) is 0. The smallest absolute Gasteiger partial charge is 0.240 e. The van der Waals surface area contributed by atoms with Crippen LogP contribution in [-0.2, 0) is 4.79 Å². The molecule has 160 valence electrons. The molecule has 0 unspecified atom stereocenters. The molecular formula is C17H27Cl4N5OS. The van der Waals surface area contributed by atoms with Crippen LogP contribution in [0.25, 0.3) is 0 Å². The van der Waals surface area contributed by atoms with Gasteiger partial charge in [-0.25, -0.2) is 4.98 Å². The van der Waals surface area contributed by atoms with Gasteiger partial charge in [-0.3, -0.25) is 9.69 Å². The minimum atomic E-state index is -0.000313. The lowest BCUT2D eigenvalue weighted by molar-refractivity contribution is -0.131. The van der Waals surface area contributed by atoms with E-state index in [0.717, 1.165) is 63.1 Å². The third-order valence-electron chi connectivity index (χ3n) is 5.34. The van der Waals surface area contributed by atoms with Gasteiger partial charge in [0, 0.05) is 57.3 Å². The van der Waals surface area contributed by atoms with Gasteiger partial charge in [-0.2, -0.15) is 0 Å². The van der Waals surface area contributed by atoms with Crippen LogP contribution in [-0.4, -0.2) is 83.7 Å². The van der Waals surface area contributed by atoms with Crippen LogP contribution in [0, 0.1) is 0 Å². The quantitative estimate of drug-likeness (QED) is 0.701. The topological polar surface area (TPSA) is 51.7 Å². The Balaban J connectivity index is 0.00000131. The van der Waals surface area contributed by atoms with E-state index in [1.807, 2.05) is 28.8 Å². The maximum atomic E-state index is 12.5. The molecule has 4 heterocycles. The second kappa shape index (κ2) is 11.9. The van der Waals surface area contributed by atoms with E-state index in [0.29, 0.717) is 11.1 Å². The SMILES string of the molecule is Cl.Cl.Cl.O=C([C@@H]1C[C@H](N2CCN(c3ccc(Cl)cn3)CC2)CN1)N1CCSC1. The number of anilines is 1. The fourth-order valence-corrected chi connectivity index (χ4v) is 4.93.